The van der Waals surface area contributed by atoms with Crippen molar-refractivity contribution in [1.29, 1.82) is 0 Å². The molecule has 0 aromatic rings. The first-order valence-electron chi connectivity index (χ1n) is 25.4. The minimum atomic E-state index is -0.809. The highest BCUT2D eigenvalue weighted by atomic mass is 16.6. The molecule has 0 heterocycles. The maximum absolute atomic E-state index is 12.7. The summed E-state index contributed by atoms with van der Waals surface area (Å²) in [5, 5.41) is 0. The van der Waals surface area contributed by atoms with Crippen molar-refractivity contribution in [2.45, 2.75) is 245 Å². The van der Waals surface area contributed by atoms with Crippen LogP contribution in [0.2, 0.25) is 0 Å². The molecule has 350 valence electrons. The molecule has 0 fully saturated rings. The van der Waals surface area contributed by atoms with E-state index in [0.29, 0.717) is 19.3 Å². The number of carbonyl (C=O) groups excluding carboxylic acids is 3. The number of hydrogen-bond acceptors (Lipinski definition) is 6. The van der Waals surface area contributed by atoms with Crippen LogP contribution in [0.5, 0.6) is 0 Å². The van der Waals surface area contributed by atoms with Crippen molar-refractivity contribution in [3.8, 4) is 0 Å². The van der Waals surface area contributed by atoms with E-state index in [9.17, 15) is 14.4 Å². The molecule has 0 amide bonds. The molecule has 0 saturated heterocycles. The van der Waals surface area contributed by atoms with Gasteiger partial charge in [0, 0.05) is 19.3 Å². The van der Waals surface area contributed by atoms with Crippen LogP contribution in [0.3, 0.4) is 0 Å². The molecular formula is C55H94O6. The van der Waals surface area contributed by atoms with Gasteiger partial charge in [-0.3, -0.25) is 14.4 Å². The molecule has 1 unspecified atom stereocenters. The summed E-state index contributed by atoms with van der Waals surface area (Å²) in [4.78, 5) is 37.7. The molecule has 0 spiro atoms. The fourth-order valence-corrected chi connectivity index (χ4v) is 6.90. The summed E-state index contributed by atoms with van der Waals surface area (Å²) in [5.41, 5.74) is 0. The third kappa shape index (κ3) is 47.7. The maximum atomic E-state index is 12.7. The number of ether oxygens (including phenoxy) is 3. The van der Waals surface area contributed by atoms with Gasteiger partial charge in [-0.05, 0) is 77.0 Å². The van der Waals surface area contributed by atoms with E-state index in [1.54, 1.807) is 0 Å². The molecule has 0 aromatic carbocycles. The fraction of sp³-hybridized carbons (Fsp3) is 0.727. The summed E-state index contributed by atoms with van der Waals surface area (Å²) < 4.78 is 16.6. The zero-order valence-electron chi connectivity index (χ0n) is 39.9. The number of carbonyl (C=O) groups is 3. The first-order valence-corrected chi connectivity index (χ1v) is 25.4. The van der Waals surface area contributed by atoms with Crippen LogP contribution in [-0.4, -0.2) is 37.2 Å². The highest BCUT2D eigenvalue weighted by Gasteiger charge is 2.19. The topological polar surface area (TPSA) is 78.9 Å². The zero-order valence-corrected chi connectivity index (χ0v) is 39.9. The second-order valence-corrected chi connectivity index (χ2v) is 16.7. The highest BCUT2D eigenvalue weighted by molar-refractivity contribution is 5.71. The standard InChI is InChI=1S/C55H94O6/c1-4-7-10-13-16-18-20-22-23-24-25-26-27-28-29-30-31-33-34-36-39-42-45-48-54(57)60-51-52(50-59-53(56)47-44-41-38-15-12-9-6-3)61-55(58)49-46-43-40-37-35-32-21-19-17-14-11-8-5-2/h8,11,17,19-20,22,24-25,32,35,40,43,52H,4-7,9-10,12-16,18,21,23,26-31,33-34,36-39,41-42,44-51H2,1-3H3/b11-8-,19-17-,22-20-,25-24-,35-32-,43-40-. The van der Waals surface area contributed by atoms with Gasteiger partial charge in [-0.15, -0.1) is 0 Å². The molecule has 0 aliphatic carbocycles. The Morgan fingerprint density at radius 3 is 1.07 bits per heavy atom. The largest absolute Gasteiger partial charge is 0.462 e. The monoisotopic (exact) mass is 851 g/mol. The molecule has 6 heteroatoms. The first kappa shape index (κ1) is 57.9. The van der Waals surface area contributed by atoms with E-state index in [-0.39, 0.29) is 31.6 Å². The molecule has 6 nitrogen and oxygen atoms in total. The smallest absolute Gasteiger partial charge is 0.306 e. The average Bonchev–Trinajstić information content (AvgIpc) is 3.26. The van der Waals surface area contributed by atoms with Gasteiger partial charge in [-0.2, -0.15) is 0 Å². The molecule has 61 heavy (non-hydrogen) atoms. The van der Waals surface area contributed by atoms with Gasteiger partial charge in [-0.1, -0.05) is 216 Å². The minimum absolute atomic E-state index is 0.104. The first-order chi connectivity index (χ1) is 30.0. The van der Waals surface area contributed by atoms with Crippen molar-refractivity contribution < 1.29 is 28.6 Å². The normalized spacial score (nSPS) is 12.6. The van der Waals surface area contributed by atoms with E-state index < -0.39 is 12.1 Å². The van der Waals surface area contributed by atoms with Crippen LogP contribution in [0.25, 0.3) is 0 Å². The third-order valence-corrected chi connectivity index (χ3v) is 10.7. The van der Waals surface area contributed by atoms with Crippen LogP contribution in [0.1, 0.15) is 239 Å². The van der Waals surface area contributed by atoms with E-state index in [0.717, 1.165) is 70.6 Å². The van der Waals surface area contributed by atoms with Gasteiger partial charge >= 0.3 is 17.9 Å². The predicted molar refractivity (Wildman–Crippen MR) is 261 cm³/mol. The maximum Gasteiger partial charge on any atom is 0.306 e. The molecule has 0 rings (SSSR count). The lowest BCUT2D eigenvalue weighted by Crippen LogP contribution is -2.30. The summed E-state index contributed by atoms with van der Waals surface area (Å²) in [5.74, 6) is -0.996. The predicted octanol–water partition coefficient (Wildman–Crippen LogP) is 16.6. The molecule has 0 aliphatic rings. The van der Waals surface area contributed by atoms with Crippen molar-refractivity contribution in [2.24, 2.45) is 0 Å². The summed E-state index contributed by atoms with van der Waals surface area (Å²) in [6.45, 7) is 6.40. The Morgan fingerprint density at radius 2 is 0.672 bits per heavy atom. The van der Waals surface area contributed by atoms with Crippen molar-refractivity contribution >= 4 is 17.9 Å². The lowest BCUT2D eigenvalue weighted by atomic mass is 10.0. The van der Waals surface area contributed by atoms with E-state index in [4.69, 9.17) is 14.2 Å². The fourth-order valence-electron chi connectivity index (χ4n) is 6.90. The Hall–Kier alpha value is -3.15. The van der Waals surface area contributed by atoms with Crippen LogP contribution < -0.4 is 0 Å². The number of rotatable bonds is 45. The second kappa shape index (κ2) is 49.5. The van der Waals surface area contributed by atoms with Crippen molar-refractivity contribution in [3.05, 3.63) is 72.9 Å². The van der Waals surface area contributed by atoms with Gasteiger partial charge in [0.15, 0.2) is 6.10 Å². The molecule has 0 radical (unpaired) electrons. The molecule has 0 N–H and O–H groups in total. The van der Waals surface area contributed by atoms with Gasteiger partial charge in [-0.25, -0.2) is 0 Å². The number of unbranched alkanes of at least 4 members (excludes halogenated alkanes) is 22. The number of esters is 3. The van der Waals surface area contributed by atoms with Crippen LogP contribution in [0, 0.1) is 0 Å². The lowest BCUT2D eigenvalue weighted by Gasteiger charge is -2.18. The molecule has 1 atom stereocenters. The van der Waals surface area contributed by atoms with Gasteiger partial charge in [0.05, 0.1) is 0 Å². The van der Waals surface area contributed by atoms with Crippen LogP contribution >= 0.6 is 0 Å². The van der Waals surface area contributed by atoms with Gasteiger partial charge in [0.1, 0.15) is 13.2 Å². The summed E-state index contributed by atoms with van der Waals surface area (Å²) in [6, 6.07) is 0. The van der Waals surface area contributed by atoms with Crippen molar-refractivity contribution in [1.82, 2.24) is 0 Å². The zero-order chi connectivity index (χ0) is 44.4. The Kier molecular flexibility index (Phi) is 46.9. The Bertz CT molecular complexity index is 1160. The van der Waals surface area contributed by atoms with Crippen LogP contribution in [-0.2, 0) is 28.6 Å². The van der Waals surface area contributed by atoms with Crippen LogP contribution in [0.15, 0.2) is 72.9 Å². The van der Waals surface area contributed by atoms with E-state index in [1.807, 2.05) is 12.2 Å². The average molecular weight is 851 g/mol. The van der Waals surface area contributed by atoms with Crippen molar-refractivity contribution in [3.63, 3.8) is 0 Å². The van der Waals surface area contributed by atoms with Crippen molar-refractivity contribution in [2.75, 3.05) is 13.2 Å². The quantitative estimate of drug-likeness (QED) is 0.0263. The summed E-state index contributed by atoms with van der Waals surface area (Å²) in [7, 11) is 0. The summed E-state index contributed by atoms with van der Waals surface area (Å²) >= 11 is 0. The highest BCUT2D eigenvalue weighted by Crippen LogP contribution is 2.14. The SMILES string of the molecule is CC/C=C\C/C=C\C/C=C\C/C=C\CCC(=O)OC(COC(=O)CCCCCCCCC)COC(=O)CCCCCCCCCCCCC/C=C\C/C=C\CCCCCCC. The van der Waals surface area contributed by atoms with Gasteiger partial charge in [0.25, 0.3) is 0 Å². The van der Waals surface area contributed by atoms with E-state index in [2.05, 4.69) is 81.5 Å². The molecule has 0 bridgehead atoms. The molecule has 0 aromatic heterocycles. The summed E-state index contributed by atoms with van der Waals surface area (Å²) in [6.07, 6.45) is 62.1. The second-order valence-electron chi connectivity index (χ2n) is 16.7. The van der Waals surface area contributed by atoms with E-state index in [1.165, 1.54) is 122 Å². The Morgan fingerprint density at radius 1 is 0.344 bits per heavy atom. The number of hydrogen-bond donors (Lipinski definition) is 0. The van der Waals surface area contributed by atoms with Gasteiger partial charge < -0.3 is 14.2 Å². The lowest BCUT2D eigenvalue weighted by molar-refractivity contribution is -0.166. The molecule has 0 saturated carbocycles. The molecule has 0 aliphatic heterocycles. The van der Waals surface area contributed by atoms with E-state index >= 15 is 0 Å². The minimum Gasteiger partial charge on any atom is -0.462 e. The van der Waals surface area contributed by atoms with Gasteiger partial charge in [0.2, 0.25) is 0 Å². The molecular weight excluding hydrogens is 757 g/mol. The number of allylic oxidation sites excluding steroid dienone is 12. The van der Waals surface area contributed by atoms with Crippen LogP contribution in [0.4, 0.5) is 0 Å². The Labute approximate surface area is 376 Å². The Balaban J connectivity index is 4.24. The third-order valence-electron chi connectivity index (χ3n) is 10.7.